The fourth-order valence-corrected chi connectivity index (χ4v) is 1.22. The summed E-state index contributed by atoms with van der Waals surface area (Å²) in [6.07, 6.45) is 1.26. The predicted molar refractivity (Wildman–Crippen MR) is 71.6 cm³/mol. The number of hydrogen-bond donors (Lipinski definition) is 4. The smallest absolute Gasteiger partial charge is 0.358 e. The quantitative estimate of drug-likeness (QED) is 0.229. The van der Waals surface area contributed by atoms with Crippen molar-refractivity contribution >= 4 is 40.6 Å². The van der Waals surface area contributed by atoms with Crippen molar-refractivity contribution in [2.45, 2.75) is 6.92 Å². The van der Waals surface area contributed by atoms with Crippen LogP contribution in [0.5, 0.6) is 0 Å². The average molecular weight is 284 g/mol. The number of rotatable bonds is 6. The first-order valence-electron chi connectivity index (χ1n) is 5.11. The van der Waals surface area contributed by atoms with E-state index in [2.05, 4.69) is 32.7 Å². The van der Waals surface area contributed by atoms with Crippen LogP contribution in [0.15, 0.2) is 11.4 Å². The zero-order valence-electron chi connectivity index (χ0n) is 9.97. The van der Waals surface area contributed by atoms with E-state index in [1.165, 1.54) is 6.33 Å². The highest BCUT2D eigenvalue weighted by atomic mass is 32.1. The lowest BCUT2D eigenvalue weighted by Gasteiger charge is -2.03. The van der Waals surface area contributed by atoms with Gasteiger partial charge >= 0.3 is 5.97 Å². The van der Waals surface area contributed by atoms with Crippen molar-refractivity contribution in [3.05, 3.63) is 12.0 Å². The third-order valence-electron chi connectivity index (χ3n) is 1.86. The summed E-state index contributed by atoms with van der Waals surface area (Å²) >= 11 is 4.60. The van der Waals surface area contributed by atoms with Crippen molar-refractivity contribution in [3.63, 3.8) is 0 Å². The molecule has 0 saturated heterocycles. The van der Waals surface area contributed by atoms with E-state index in [0.717, 1.165) is 0 Å². The van der Waals surface area contributed by atoms with Crippen LogP contribution in [0.2, 0.25) is 0 Å². The number of ether oxygens (including phenoxy) is 1. The lowest BCUT2D eigenvalue weighted by molar-refractivity contribution is -0.111. The fraction of sp³-hybridized carbons (Fsp3) is 0.222. The van der Waals surface area contributed by atoms with Gasteiger partial charge < -0.3 is 21.2 Å². The van der Waals surface area contributed by atoms with Crippen LogP contribution in [-0.2, 0) is 9.53 Å². The summed E-state index contributed by atoms with van der Waals surface area (Å²) in [4.78, 5) is 28.6. The average Bonchev–Trinajstić information content (AvgIpc) is 2.77. The molecule has 1 aromatic rings. The minimum absolute atomic E-state index is 0.0531. The molecule has 0 atom stereocenters. The van der Waals surface area contributed by atoms with Gasteiger partial charge in [0.15, 0.2) is 17.2 Å². The number of primary amides is 1. The van der Waals surface area contributed by atoms with Gasteiger partial charge in [-0.05, 0) is 6.92 Å². The van der Waals surface area contributed by atoms with Crippen molar-refractivity contribution in [2.75, 3.05) is 12.0 Å². The first kappa shape index (κ1) is 14.6. The molecule has 0 aliphatic carbocycles. The highest BCUT2D eigenvalue weighted by molar-refractivity contribution is 7.82. The Hall–Kier alpha value is -2.49. The molecule has 0 radical (unpaired) electrons. The van der Waals surface area contributed by atoms with Crippen molar-refractivity contribution < 1.29 is 14.3 Å². The maximum Gasteiger partial charge on any atom is 0.358 e. The summed E-state index contributed by atoms with van der Waals surface area (Å²) in [5, 5.41) is 3.60. The van der Waals surface area contributed by atoms with Gasteiger partial charge in [0.25, 0.3) is 5.91 Å². The van der Waals surface area contributed by atoms with Crippen LogP contribution >= 0.6 is 12.2 Å². The topological polar surface area (TPSA) is 148 Å². The summed E-state index contributed by atoms with van der Waals surface area (Å²) in [6.45, 7) is 1.87. The molecule has 9 nitrogen and oxygen atoms in total. The number of carbonyl (C=O) groups is 2. The SMILES string of the molecule is CCOC(=O)c1[nH]cnc1N/N=C(/C(N)=O)C(N)=S. The Kier molecular flexibility index (Phi) is 4.94. The van der Waals surface area contributed by atoms with E-state index < -0.39 is 11.9 Å². The molecule has 0 bridgehead atoms. The van der Waals surface area contributed by atoms with Crippen LogP contribution in [0.1, 0.15) is 17.4 Å². The molecule has 102 valence electrons. The van der Waals surface area contributed by atoms with E-state index in [-0.39, 0.29) is 28.8 Å². The van der Waals surface area contributed by atoms with Crippen LogP contribution in [0.25, 0.3) is 0 Å². The Morgan fingerprint density at radius 1 is 1.58 bits per heavy atom. The first-order chi connectivity index (χ1) is 8.97. The maximum atomic E-state index is 11.5. The summed E-state index contributed by atoms with van der Waals surface area (Å²) in [7, 11) is 0. The molecule has 10 heteroatoms. The Balaban J connectivity index is 2.92. The van der Waals surface area contributed by atoms with Gasteiger partial charge in [-0.25, -0.2) is 9.78 Å². The number of anilines is 1. The molecule has 1 amide bonds. The molecule has 19 heavy (non-hydrogen) atoms. The van der Waals surface area contributed by atoms with Gasteiger partial charge in [-0.3, -0.25) is 10.2 Å². The van der Waals surface area contributed by atoms with Crippen LogP contribution in [0.3, 0.4) is 0 Å². The molecule has 1 aromatic heterocycles. The molecule has 1 rings (SSSR count). The number of nitrogens with two attached hydrogens (primary N) is 2. The van der Waals surface area contributed by atoms with Crippen molar-refractivity contribution in [1.82, 2.24) is 9.97 Å². The largest absolute Gasteiger partial charge is 0.461 e. The number of amides is 1. The number of nitrogens with zero attached hydrogens (tertiary/aromatic N) is 2. The second-order valence-corrected chi connectivity index (χ2v) is 3.59. The van der Waals surface area contributed by atoms with Crippen molar-refractivity contribution in [1.29, 1.82) is 0 Å². The van der Waals surface area contributed by atoms with Crippen LogP contribution in [-0.4, -0.2) is 39.2 Å². The molecular weight excluding hydrogens is 272 g/mol. The number of imidazole rings is 1. The first-order valence-corrected chi connectivity index (χ1v) is 5.52. The Morgan fingerprint density at radius 2 is 2.26 bits per heavy atom. The zero-order chi connectivity index (χ0) is 14.4. The molecule has 0 aliphatic heterocycles. The molecule has 0 spiro atoms. The maximum absolute atomic E-state index is 11.5. The monoisotopic (exact) mass is 284 g/mol. The molecular formula is C9H12N6O3S. The minimum Gasteiger partial charge on any atom is -0.461 e. The van der Waals surface area contributed by atoms with Crippen molar-refractivity contribution in [2.24, 2.45) is 16.6 Å². The molecule has 0 saturated carbocycles. The van der Waals surface area contributed by atoms with E-state index in [0.29, 0.717) is 0 Å². The Morgan fingerprint density at radius 3 is 2.79 bits per heavy atom. The summed E-state index contributed by atoms with van der Waals surface area (Å²) in [5.74, 6) is -1.45. The number of hydrazone groups is 1. The van der Waals surface area contributed by atoms with Crippen LogP contribution in [0, 0.1) is 0 Å². The second kappa shape index (κ2) is 6.44. The molecule has 1 heterocycles. The summed E-state index contributed by atoms with van der Waals surface area (Å²) < 4.78 is 4.79. The van der Waals surface area contributed by atoms with Gasteiger partial charge in [0.1, 0.15) is 4.99 Å². The number of thiocarbonyl (C=S) groups is 1. The third-order valence-corrected chi connectivity index (χ3v) is 2.05. The second-order valence-electron chi connectivity index (χ2n) is 3.15. The summed E-state index contributed by atoms with van der Waals surface area (Å²) in [5.41, 5.74) is 12.4. The Labute approximate surface area is 113 Å². The number of hydrogen-bond acceptors (Lipinski definition) is 7. The van der Waals surface area contributed by atoms with E-state index in [4.69, 9.17) is 16.2 Å². The Bertz CT molecular complexity index is 522. The van der Waals surface area contributed by atoms with Crippen LogP contribution < -0.4 is 16.9 Å². The van der Waals surface area contributed by atoms with Gasteiger partial charge in [-0.2, -0.15) is 5.10 Å². The number of carbonyl (C=O) groups excluding carboxylic acids is 2. The molecule has 0 unspecified atom stereocenters. The normalized spacial score (nSPS) is 10.9. The van der Waals surface area contributed by atoms with E-state index in [1.807, 2.05) is 0 Å². The molecule has 0 aromatic carbocycles. The number of aromatic amines is 1. The number of aromatic nitrogens is 2. The highest BCUT2D eigenvalue weighted by Gasteiger charge is 2.16. The fourth-order valence-electron chi connectivity index (χ4n) is 1.08. The van der Waals surface area contributed by atoms with E-state index in [9.17, 15) is 9.59 Å². The molecule has 6 N–H and O–H groups in total. The number of esters is 1. The van der Waals surface area contributed by atoms with Gasteiger partial charge in [-0.15, -0.1) is 0 Å². The van der Waals surface area contributed by atoms with Crippen LogP contribution in [0.4, 0.5) is 5.82 Å². The highest BCUT2D eigenvalue weighted by Crippen LogP contribution is 2.10. The van der Waals surface area contributed by atoms with E-state index >= 15 is 0 Å². The number of H-pyrrole nitrogens is 1. The lowest BCUT2D eigenvalue weighted by Crippen LogP contribution is -2.35. The zero-order valence-corrected chi connectivity index (χ0v) is 10.8. The van der Waals surface area contributed by atoms with Gasteiger partial charge in [0.05, 0.1) is 12.9 Å². The van der Waals surface area contributed by atoms with Gasteiger partial charge in [0.2, 0.25) is 0 Å². The minimum atomic E-state index is -0.895. The molecule has 0 aliphatic rings. The third kappa shape index (κ3) is 3.74. The lowest BCUT2D eigenvalue weighted by atomic mass is 10.4. The van der Waals surface area contributed by atoms with Gasteiger partial charge in [0, 0.05) is 0 Å². The van der Waals surface area contributed by atoms with Crippen molar-refractivity contribution in [3.8, 4) is 0 Å². The number of nitrogens with one attached hydrogen (secondary N) is 2. The van der Waals surface area contributed by atoms with E-state index in [1.54, 1.807) is 6.92 Å². The van der Waals surface area contributed by atoms with Gasteiger partial charge in [-0.1, -0.05) is 12.2 Å². The predicted octanol–water partition coefficient (Wildman–Crippen LogP) is -0.874. The molecule has 0 fully saturated rings. The summed E-state index contributed by atoms with van der Waals surface area (Å²) in [6, 6.07) is 0. The standard InChI is InChI=1S/C9H12N6O3S/c1-2-18-9(17)5-8(13-3-12-5)15-14-4(6(10)16)7(11)19/h3,15H,2H2,1H3,(H2,10,16)(H2,11,19)(H,12,13)/b14-4-.